The Bertz CT molecular complexity index is 495. The summed E-state index contributed by atoms with van der Waals surface area (Å²) in [6.07, 6.45) is 3.61. The molecule has 1 unspecified atom stereocenters. The van der Waals surface area contributed by atoms with Crippen molar-refractivity contribution in [1.29, 1.82) is 0 Å². The van der Waals surface area contributed by atoms with Crippen LogP contribution in [-0.4, -0.2) is 37.1 Å². The number of hydrogen-bond acceptors (Lipinski definition) is 3. The molecule has 4 nitrogen and oxygen atoms in total. The van der Waals surface area contributed by atoms with E-state index < -0.39 is 0 Å². The number of ether oxygens (including phenoxy) is 1. The fourth-order valence-corrected chi connectivity index (χ4v) is 2.99. The van der Waals surface area contributed by atoms with Gasteiger partial charge in [-0.25, -0.2) is 0 Å². The van der Waals surface area contributed by atoms with E-state index in [1.165, 1.54) is 17.5 Å². The van der Waals surface area contributed by atoms with Gasteiger partial charge in [-0.3, -0.25) is 4.79 Å². The van der Waals surface area contributed by atoms with E-state index in [1.54, 1.807) is 4.90 Å². The molecule has 1 saturated heterocycles. The highest BCUT2D eigenvalue weighted by atomic mass is 16.5. The Morgan fingerprint density at radius 3 is 3.00 bits per heavy atom. The van der Waals surface area contributed by atoms with E-state index in [-0.39, 0.29) is 12.0 Å². The van der Waals surface area contributed by atoms with Crippen molar-refractivity contribution in [3.63, 3.8) is 0 Å². The molecule has 3 rings (SSSR count). The average Bonchev–Trinajstić information content (AvgIpc) is 2.94. The molecule has 1 aromatic carbocycles. The Balaban J connectivity index is 1.65. The minimum Gasteiger partial charge on any atom is -0.376 e. The number of carbonyl (C=O) groups is 1. The van der Waals surface area contributed by atoms with Crippen LogP contribution in [0.1, 0.15) is 40.7 Å². The van der Waals surface area contributed by atoms with Crippen molar-refractivity contribution in [1.82, 2.24) is 10.2 Å². The van der Waals surface area contributed by atoms with E-state index in [4.69, 9.17) is 4.74 Å². The number of nitrogens with zero attached hydrogens (tertiary/aromatic N) is 1. The van der Waals surface area contributed by atoms with Crippen molar-refractivity contribution in [2.45, 2.75) is 38.5 Å². The van der Waals surface area contributed by atoms with Gasteiger partial charge >= 0.3 is 0 Å². The molecule has 0 saturated carbocycles. The lowest BCUT2D eigenvalue weighted by Crippen LogP contribution is -2.37. The van der Waals surface area contributed by atoms with Gasteiger partial charge in [0.25, 0.3) is 5.91 Å². The molecule has 0 radical (unpaired) electrons. The molecule has 2 heterocycles. The van der Waals surface area contributed by atoms with Gasteiger partial charge < -0.3 is 15.0 Å². The van der Waals surface area contributed by atoms with Crippen LogP contribution >= 0.6 is 0 Å². The van der Waals surface area contributed by atoms with Gasteiger partial charge in [0.1, 0.15) is 0 Å². The average molecular weight is 274 g/mol. The summed E-state index contributed by atoms with van der Waals surface area (Å²) >= 11 is 0. The fraction of sp³-hybridized carbons (Fsp3) is 0.562. The minimum absolute atomic E-state index is 0.0915. The van der Waals surface area contributed by atoms with Crippen LogP contribution in [0.4, 0.5) is 0 Å². The van der Waals surface area contributed by atoms with Crippen molar-refractivity contribution in [3.05, 3.63) is 34.9 Å². The number of hydrogen-bond donors (Lipinski definition) is 1. The number of amides is 1. The molecular weight excluding hydrogens is 252 g/mol. The first-order valence-corrected chi connectivity index (χ1v) is 7.43. The molecule has 2 aliphatic heterocycles. The number of nitrogens with one attached hydrogen (secondary N) is 1. The van der Waals surface area contributed by atoms with E-state index in [0.29, 0.717) is 6.54 Å². The molecule has 1 amide bonds. The molecule has 1 N–H and O–H groups in total. The summed E-state index contributed by atoms with van der Waals surface area (Å²) in [7, 11) is 1.87. The molecule has 1 fully saturated rings. The maximum absolute atomic E-state index is 12.5. The van der Waals surface area contributed by atoms with Crippen LogP contribution in [0.15, 0.2) is 18.2 Å². The maximum Gasteiger partial charge on any atom is 0.253 e. The quantitative estimate of drug-likeness (QED) is 0.915. The molecule has 20 heavy (non-hydrogen) atoms. The molecule has 0 bridgehead atoms. The molecule has 1 atom stereocenters. The van der Waals surface area contributed by atoms with Crippen LogP contribution in [0, 0.1) is 0 Å². The SMILES string of the molecule is CN(CC1CCCCO1)C(=O)c1ccc2c(c1)CNC2. The largest absolute Gasteiger partial charge is 0.376 e. The summed E-state index contributed by atoms with van der Waals surface area (Å²) in [5.41, 5.74) is 3.34. The third kappa shape index (κ3) is 2.86. The Kier molecular flexibility index (Phi) is 4.03. The third-order valence-electron chi connectivity index (χ3n) is 4.18. The molecule has 108 valence electrons. The molecule has 4 heteroatoms. The topological polar surface area (TPSA) is 41.6 Å². The van der Waals surface area contributed by atoms with Gasteiger partial charge in [0.2, 0.25) is 0 Å². The van der Waals surface area contributed by atoms with Crippen molar-refractivity contribution in [2.24, 2.45) is 0 Å². The highest BCUT2D eigenvalue weighted by Crippen LogP contribution is 2.19. The van der Waals surface area contributed by atoms with Gasteiger partial charge in [-0.05, 0) is 42.5 Å². The summed E-state index contributed by atoms with van der Waals surface area (Å²) in [4.78, 5) is 14.3. The smallest absolute Gasteiger partial charge is 0.253 e. The van der Waals surface area contributed by atoms with Crippen LogP contribution in [0.25, 0.3) is 0 Å². The summed E-state index contributed by atoms with van der Waals surface area (Å²) in [5.74, 6) is 0.0915. The summed E-state index contributed by atoms with van der Waals surface area (Å²) in [5, 5.41) is 3.30. The Morgan fingerprint density at radius 2 is 2.20 bits per heavy atom. The highest BCUT2D eigenvalue weighted by Gasteiger charge is 2.21. The standard InChI is InChI=1S/C16H22N2O2/c1-18(11-15-4-2-3-7-20-15)16(19)12-5-6-13-9-17-10-14(13)8-12/h5-6,8,15,17H,2-4,7,9-11H2,1H3. The number of likely N-dealkylation sites (N-methyl/N-ethyl adjacent to an activating group) is 1. The third-order valence-corrected chi connectivity index (χ3v) is 4.18. The van der Waals surface area contributed by atoms with Gasteiger partial charge in [0.05, 0.1) is 6.10 Å². The van der Waals surface area contributed by atoms with Gasteiger partial charge in [-0.2, -0.15) is 0 Å². The number of carbonyl (C=O) groups excluding carboxylic acids is 1. The lowest BCUT2D eigenvalue weighted by Gasteiger charge is -2.27. The van der Waals surface area contributed by atoms with Crippen LogP contribution in [0.3, 0.4) is 0 Å². The van der Waals surface area contributed by atoms with E-state index in [1.807, 2.05) is 19.2 Å². The van der Waals surface area contributed by atoms with Crippen molar-refractivity contribution in [2.75, 3.05) is 20.2 Å². The van der Waals surface area contributed by atoms with E-state index in [0.717, 1.165) is 38.1 Å². The Morgan fingerprint density at radius 1 is 1.35 bits per heavy atom. The summed E-state index contributed by atoms with van der Waals surface area (Å²) in [6, 6.07) is 6.02. The zero-order valence-corrected chi connectivity index (χ0v) is 12.0. The lowest BCUT2D eigenvalue weighted by atomic mass is 10.0. The Labute approximate surface area is 120 Å². The minimum atomic E-state index is 0.0915. The summed E-state index contributed by atoms with van der Waals surface area (Å²) in [6.45, 7) is 3.30. The zero-order valence-electron chi connectivity index (χ0n) is 12.0. The van der Waals surface area contributed by atoms with Crippen molar-refractivity contribution in [3.8, 4) is 0 Å². The maximum atomic E-state index is 12.5. The van der Waals surface area contributed by atoms with E-state index in [2.05, 4.69) is 11.4 Å². The first kappa shape index (κ1) is 13.6. The number of rotatable bonds is 3. The van der Waals surface area contributed by atoms with Crippen LogP contribution in [0.5, 0.6) is 0 Å². The van der Waals surface area contributed by atoms with Gasteiger partial charge in [0.15, 0.2) is 0 Å². The summed E-state index contributed by atoms with van der Waals surface area (Å²) < 4.78 is 5.70. The van der Waals surface area contributed by atoms with E-state index >= 15 is 0 Å². The van der Waals surface area contributed by atoms with E-state index in [9.17, 15) is 4.79 Å². The van der Waals surface area contributed by atoms with Gasteiger partial charge in [-0.1, -0.05) is 6.07 Å². The lowest BCUT2D eigenvalue weighted by molar-refractivity contribution is -0.000188. The second-order valence-corrected chi connectivity index (χ2v) is 5.76. The van der Waals surface area contributed by atoms with Gasteiger partial charge in [-0.15, -0.1) is 0 Å². The zero-order chi connectivity index (χ0) is 13.9. The second-order valence-electron chi connectivity index (χ2n) is 5.76. The molecule has 0 aromatic heterocycles. The fourth-order valence-electron chi connectivity index (χ4n) is 2.99. The second kappa shape index (κ2) is 5.94. The van der Waals surface area contributed by atoms with Crippen LogP contribution in [-0.2, 0) is 17.8 Å². The van der Waals surface area contributed by atoms with Crippen LogP contribution in [0.2, 0.25) is 0 Å². The molecular formula is C16H22N2O2. The Hall–Kier alpha value is -1.39. The highest BCUT2D eigenvalue weighted by molar-refractivity contribution is 5.94. The van der Waals surface area contributed by atoms with Crippen molar-refractivity contribution >= 4 is 5.91 Å². The first-order chi connectivity index (χ1) is 9.74. The molecule has 1 aromatic rings. The van der Waals surface area contributed by atoms with Crippen LogP contribution < -0.4 is 5.32 Å². The predicted octanol–water partition coefficient (Wildman–Crippen LogP) is 1.93. The monoisotopic (exact) mass is 274 g/mol. The number of fused-ring (bicyclic) bond motifs is 1. The molecule has 0 aliphatic carbocycles. The number of benzene rings is 1. The predicted molar refractivity (Wildman–Crippen MR) is 77.5 cm³/mol. The molecule has 2 aliphatic rings. The molecule has 0 spiro atoms. The van der Waals surface area contributed by atoms with Crippen molar-refractivity contribution < 1.29 is 9.53 Å². The van der Waals surface area contributed by atoms with Gasteiger partial charge in [0, 0.05) is 38.9 Å². The normalized spacial score (nSPS) is 21.6. The first-order valence-electron chi connectivity index (χ1n) is 7.43.